The highest BCUT2D eigenvalue weighted by molar-refractivity contribution is 8.00. The molecule has 2 atom stereocenters. The molecule has 0 aromatic heterocycles. The van der Waals surface area contributed by atoms with Crippen LogP contribution in [-0.4, -0.2) is 55.5 Å². The summed E-state index contributed by atoms with van der Waals surface area (Å²) in [6.45, 7) is 7.95. The molecule has 2 aliphatic rings. The molecule has 2 N–H and O–H groups in total. The quantitative estimate of drug-likeness (QED) is 0.584. The van der Waals surface area contributed by atoms with Gasteiger partial charge < -0.3 is 10.6 Å². The highest BCUT2D eigenvalue weighted by Crippen LogP contribution is 2.37. The van der Waals surface area contributed by atoms with Gasteiger partial charge in [-0.3, -0.25) is 4.99 Å². The Morgan fingerprint density at radius 2 is 2.23 bits per heavy atom. The van der Waals surface area contributed by atoms with Gasteiger partial charge >= 0.3 is 0 Å². The number of nitrogens with zero attached hydrogens (tertiary/aromatic N) is 1. The molecule has 0 saturated carbocycles. The van der Waals surface area contributed by atoms with Gasteiger partial charge in [-0.2, -0.15) is 11.8 Å². The van der Waals surface area contributed by atoms with Gasteiger partial charge in [-0.15, -0.1) is 0 Å². The molecule has 22 heavy (non-hydrogen) atoms. The van der Waals surface area contributed by atoms with Crippen molar-refractivity contribution in [2.45, 2.75) is 50.8 Å². The van der Waals surface area contributed by atoms with Gasteiger partial charge in [0.1, 0.15) is 0 Å². The van der Waals surface area contributed by atoms with E-state index in [9.17, 15) is 8.42 Å². The SMILES string of the molecule is CC(C)NC(=NCC1(C)CCCS1)NCC1CCS(=O)(=O)C1. The maximum absolute atomic E-state index is 11.5. The Balaban J connectivity index is 1.88. The summed E-state index contributed by atoms with van der Waals surface area (Å²) in [6.07, 6.45) is 3.26. The van der Waals surface area contributed by atoms with Gasteiger partial charge in [-0.05, 0) is 51.7 Å². The predicted octanol–water partition coefficient (Wildman–Crippen LogP) is 1.65. The Kier molecular flexibility index (Phi) is 6.05. The molecule has 2 saturated heterocycles. The summed E-state index contributed by atoms with van der Waals surface area (Å²) >= 11 is 2.01. The van der Waals surface area contributed by atoms with E-state index in [-0.39, 0.29) is 10.7 Å². The lowest BCUT2D eigenvalue weighted by molar-refractivity contribution is 0.558. The summed E-state index contributed by atoms with van der Waals surface area (Å²) in [5.74, 6) is 2.89. The second-order valence-electron chi connectivity index (χ2n) is 7.02. The van der Waals surface area contributed by atoms with E-state index in [2.05, 4.69) is 31.4 Å². The summed E-state index contributed by atoms with van der Waals surface area (Å²) in [6, 6.07) is 0.308. The van der Waals surface area contributed by atoms with Crippen LogP contribution in [0, 0.1) is 5.92 Å². The van der Waals surface area contributed by atoms with Crippen LogP contribution in [0.25, 0.3) is 0 Å². The Morgan fingerprint density at radius 3 is 2.77 bits per heavy atom. The van der Waals surface area contributed by atoms with Gasteiger partial charge in [0.15, 0.2) is 15.8 Å². The minimum Gasteiger partial charge on any atom is -0.356 e. The number of aliphatic imine (C=N–C) groups is 1. The van der Waals surface area contributed by atoms with Crippen molar-refractivity contribution < 1.29 is 8.42 Å². The summed E-state index contributed by atoms with van der Waals surface area (Å²) in [5.41, 5.74) is 0. The Hall–Kier alpha value is -0.430. The molecule has 0 radical (unpaired) electrons. The van der Waals surface area contributed by atoms with Crippen LogP contribution in [0.3, 0.4) is 0 Å². The van der Waals surface area contributed by atoms with E-state index in [1.807, 2.05) is 11.8 Å². The second kappa shape index (κ2) is 7.43. The Labute approximate surface area is 139 Å². The van der Waals surface area contributed by atoms with E-state index in [0.29, 0.717) is 24.1 Å². The van der Waals surface area contributed by atoms with Crippen LogP contribution < -0.4 is 10.6 Å². The van der Waals surface area contributed by atoms with Gasteiger partial charge in [-0.25, -0.2) is 8.42 Å². The molecule has 2 rings (SSSR count). The normalized spacial score (nSPS) is 31.6. The van der Waals surface area contributed by atoms with Crippen LogP contribution in [0.1, 0.15) is 40.0 Å². The molecule has 2 fully saturated rings. The lowest BCUT2D eigenvalue weighted by Gasteiger charge is -2.22. The molecule has 0 spiro atoms. The largest absolute Gasteiger partial charge is 0.356 e. The average Bonchev–Trinajstić information content (AvgIpc) is 2.99. The Bertz CT molecular complexity index is 497. The van der Waals surface area contributed by atoms with E-state index in [1.54, 1.807) is 0 Å². The fourth-order valence-electron chi connectivity index (χ4n) is 2.91. The average molecular weight is 348 g/mol. The van der Waals surface area contributed by atoms with Crippen LogP contribution in [0.4, 0.5) is 0 Å². The van der Waals surface area contributed by atoms with Crippen LogP contribution in [-0.2, 0) is 9.84 Å². The smallest absolute Gasteiger partial charge is 0.191 e. The summed E-state index contributed by atoms with van der Waals surface area (Å²) < 4.78 is 23.3. The monoisotopic (exact) mass is 347 g/mol. The first-order chi connectivity index (χ1) is 10.3. The lowest BCUT2D eigenvalue weighted by Crippen LogP contribution is -2.44. The molecule has 7 heteroatoms. The minimum absolute atomic E-state index is 0.209. The van der Waals surface area contributed by atoms with Crippen molar-refractivity contribution in [3.63, 3.8) is 0 Å². The zero-order valence-corrected chi connectivity index (χ0v) is 15.5. The van der Waals surface area contributed by atoms with E-state index in [4.69, 9.17) is 4.99 Å². The minimum atomic E-state index is -2.81. The van der Waals surface area contributed by atoms with Gasteiger partial charge in [0, 0.05) is 17.3 Å². The third-order valence-electron chi connectivity index (χ3n) is 4.18. The van der Waals surface area contributed by atoms with Crippen molar-refractivity contribution in [3.8, 4) is 0 Å². The van der Waals surface area contributed by atoms with Gasteiger partial charge in [0.25, 0.3) is 0 Å². The maximum atomic E-state index is 11.5. The van der Waals surface area contributed by atoms with E-state index in [0.717, 1.165) is 18.9 Å². The molecule has 2 unspecified atom stereocenters. The van der Waals surface area contributed by atoms with Gasteiger partial charge in [0.2, 0.25) is 0 Å². The maximum Gasteiger partial charge on any atom is 0.191 e. The second-order valence-corrected chi connectivity index (χ2v) is 10.9. The van der Waals surface area contributed by atoms with Gasteiger partial charge in [0.05, 0.1) is 18.1 Å². The molecule has 128 valence electrons. The standard InChI is InChI=1S/C15H29N3O2S2/c1-12(2)18-14(17-11-15(3)6-4-7-21-15)16-9-13-5-8-22(19,20)10-13/h12-13H,4-11H2,1-3H3,(H2,16,17,18). The van der Waals surface area contributed by atoms with Crippen molar-refractivity contribution in [3.05, 3.63) is 0 Å². The lowest BCUT2D eigenvalue weighted by atomic mass is 10.1. The number of hydrogen-bond acceptors (Lipinski definition) is 4. The fraction of sp³-hybridized carbons (Fsp3) is 0.933. The number of rotatable bonds is 5. The number of guanidine groups is 1. The number of nitrogens with one attached hydrogen (secondary N) is 2. The third kappa shape index (κ3) is 5.65. The highest BCUT2D eigenvalue weighted by atomic mass is 32.2. The molecule has 2 heterocycles. The van der Waals surface area contributed by atoms with Crippen LogP contribution >= 0.6 is 11.8 Å². The molecule has 0 amide bonds. The van der Waals surface area contributed by atoms with Crippen molar-refractivity contribution in [2.75, 3.05) is 30.3 Å². The fourth-order valence-corrected chi connectivity index (χ4v) is 6.00. The predicted molar refractivity (Wildman–Crippen MR) is 95.4 cm³/mol. The van der Waals surface area contributed by atoms with E-state index >= 15 is 0 Å². The first-order valence-corrected chi connectivity index (χ1v) is 11.0. The molecule has 2 aliphatic heterocycles. The number of hydrogen-bond donors (Lipinski definition) is 2. The summed E-state index contributed by atoms with van der Waals surface area (Å²) in [5, 5.41) is 6.68. The van der Waals surface area contributed by atoms with Gasteiger partial charge in [-0.1, -0.05) is 0 Å². The van der Waals surface area contributed by atoms with Crippen LogP contribution in [0.15, 0.2) is 4.99 Å². The Morgan fingerprint density at radius 1 is 1.45 bits per heavy atom. The zero-order chi connectivity index (χ0) is 16.2. The van der Waals surface area contributed by atoms with Crippen molar-refractivity contribution in [2.24, 2.45) is 10.9 Å². The summed E-state index contributed by atoms with van der Waals surface area (Å²) in [7, 11) is -2.81. The third-order valence-corrected chi connectivity index (χ3v) is 7.54. The molecular formula is C15H29N3O2S2. The number of sulfone groups is 1. The van der Waals surface area contributed by atoms with Crippen molar-refractivity contribution in [1.82, 2.24) is 10.6 Å². The topological polar surface area (TPSA) is 70.6 Å². The highest BCUT2D eigenvalue weighted by Gasteiger charge is 2.30. The van der Waals surface area contributed by atoms with Crippen molar-refractivity contribution in [1.29, 1.82) is 0 Å². The first kappa shape index (κ1) is 17.9. The van der Waals surface area contributed by atoms with E-state index < -0.39 is 9.84 Å². The molecule has 0 aromatic carbocycles. The van der Waals surface area contributed by atoms with Crippen LogP contribution in [0.2, 0.25) is 0 Å². The van der Waals surface area contributed by atoms with Crippen LogP contribution in [0.5, 0.6) is 0 Å². The zero-order valence-electron chi connectivity index (χ0n) is 13.9. The summed E-state index contributed by atoms with van der Waals surface area (Å²) in [4.78, 5) is 4.74. The molecular weight excluding hydrogens is 318 g/mol. The number of thioether (sulfide) groups is 1. The van der Waals surface area contributed by atoms with Crippen molar-refractivity contribution >= 4 is 27.6 Å². The molecule has 5 nitrogen and oxygen atoms in total. The molecule has 0 aliphatic carbocycles. The first-order valence-electron chi connectivity index (χ1n) is 8.17. The molecule has 0 aromatic rings. The molecule has 0 bridgehead atoms. The van der Waals surface area contributed by atoms with E-state index in [1.165, 1.54) is 18.6 Å².